The second-order valence-corrected chi connectivity index (χ2v) is 4.41. The lowest BCUT2D eigenvalue weighted by molar-refractivity contribution is -0.118. The topological polar surface area (TPSA) is 64.3 Å². The first-order valence-corrected chi connectivity index (χ1v) is 6.16. The molecule has 0 aliphatic rings. The van der Waals surface area contributed by atoms with E-state index in [9.17, 15) is 9.18 Å². The number of benzene rings is 2. The summed E-state index contributed by atoms with van der Waals surface area (Å²) in [7, 11) is 0. The molecule has 0 aliphatic carbocycles. The van der Waals surface area contributed by atoms with Crippen molar-refractivity contribution in [1.82, 2.24) is 0 Å². The molecule has 4 nitrogen and oxygen atoms in total. The van der Waals surface area contributed by atoms with Gasteiger partial charge in [-0.1, -0.05) is 23.7 Å². The Balaban J connectivity index is 1.96. The molecule has 0 bridgehead atoms. The quantitative estimate of drug-likeness (QED) is 0.852. The summed E-state index contributed by atoms with van der Waals surface area (Å²) in [6.07, 6.45) is 0. The smallest absolute Gasteiger partial charge is 0.262 e. The number of carbonyl (C=O) groups is 1. The van der Waals surface area contributed by atoms with E-state index in [1.807, 2.05) is 0 Å². The molecular weight excluding hydrogens is 283 g/mol. The summed E-state index contributed by atoms with van der Waals surface area (Å²) in [5.41, 5.74) is 5.89. The first kappa shape index (κ1) is 14.1. The Morgan fingerprint density at radius 1 is 1.30 bits per heavy atom. The highest BCUT2D eigenvalue weighted by Gasteiger charge is 2.09. The van der Waals surface area contributed by atoms with Crippen LogP contribution in [0, 0.1) is 5.82 Å². The van der Waals surface area contributed by atoms with E-state index in [1.54, 1.807) is 24.3 Å². The van der Waals surface area contributed by atoms with Gasteiger partial charge in [0.05, 0.1) is 10.7 Å². The van der Waals surface area contributed by atoms with Crippen molar-refractivity contribution in [2.75, 3.05) is 17.7 Å². The van der Waals surface area contributed by atoms with Crippen molar-refractivity contribution < 1.29 is 13.9 Å². The number of nitrogens with one attached hydrogen (secondary N) is 1. The maximum absolute atomic E-state index is 13.4. The average molecular weight is 295 g/mol. The average Bonchev–Trinajstić information content (AvgIpc) is 2.42. The molecule has 0 radical (unpaired) electrons. The van der Waals surface area contributed by atoms with Crippen LogP contribution in [0.15, 0.2) is 42.5 Å². The summed E-state index contributed by atoms with van der Waals surface area (Å²) in [5.74, 6) is -0.683. The van der Waals surface area contributed by atoms with Crippen molar-refractivity contribution in [2.24, 2.45) is 0 Å². The van der Waals surface area contributed by atoms with Gasteiger partial charge in [0.2, 0.25) is 0 Å². The third kappa shape index (κ3) is 3.61. The summed E-state index contributed by atoms with van der Waals surface area (Å²) in [4.78, 5) is 11.7. The molecule has 0 aliphatic heterocycles. The lowest BCUT2D eigenvalue weighted by Gasteiger charge is -2.09. The molecular formula is C14H12ClFN2O2. The first-order valence-electron chi connectivity index (χ1n) is 5.78. The fourth-order valence-electron chi connectivity index (χ4n) is 1.53. The van der Waals surface area contributed by atoms with Gasteiger partial charge in [-0.3, -0.25) is 4.79 Å². The number of nitrogen functional groups attached to an aromatic ring is 1. The predicted octanol–water partition coefficient (Wildman–Crippen LogP) is 3.08. The summed E-state index contributed by atoms with van der Waals surface area (Å²) in [5, 5.41) is 2.78. The monoisotopic (exact) mass is 294 g/mol. The van der Waals surface area contributed by atoms with Gasteiger partial charge in [0.1, 0.15) is 11.6 Å². The van der Waals surface area contributed by atoms with E-state index in [1.165, 1.54) is 18.2 Å². The van der Waals surface area contributed by atoms with Gasteiger partial charge in [0, 0.05) is 5.69 Å². The molecule has 2 aromatic carbocycles. The number of nitrogens with two attached hydrogens (primary N) is 1. The molecule has 0 saturated heterocycles. The molecule has 0 spiro atoms. The Labute approximate surface area is 120 Å². The zero-order valence-electron chi connectivity index (χ0n) is 10.4. The number of hydrogen-bond acceptors (Lipinski definition) is 3. The summed E-state index contributed by atoms with van der Waals surface area (Å²) in [6, 6.07) is 10.7. The summed E-state index contributed by atoms with van der Waals surface area (Å²) < 4.78 is 18.7. The predicted molar refractivity (Wildman–Crippen MR) is 76.4 cm³/mol. The fourth-order valence-corrected chi connectivity index (χ4v) is 1.72. The van der Waals surface area contributed by atoms with E-state index in [2.05, 4.69) is 5.32 Å². The van der Waals surface area contributed by atoms with Crippen LogP contribution in [0.4, 0.5) is 15.8 Å². The number of ether oxygens (including phenoxy) is 1. The summed E-state index contributed by atoms with van der Waals surface area (Å²) >= 11 is 5.88. The number of hydrogen-bond donors (Lipinski definition) is 2. The van der Waals surface area contributed by atoms with Crippen molar-refractivity contribution in [3.8, 4) is 5.75 Å². The molecule has 3 N–H and O–H groups in total. The number of halogens is 2. The first-order chi connectivity index (χ1) is 9.56. The molecule has 0 aromatic heterocycles. The largest absolute Gasteiger partial charge is 0.482 e. The summed E-state index contributed by atoms with van der Waals surface area (Å²) in [6.45, 7) is -0.280. The van der Waals surface area contributed by atoms with Gasteiger partial charge in [0.15, 0.2) is 6.61 Å². The molecule has 2 aromatic rings. The minimum atomic E-state index is -0.565. The third-order valence-electron chi connectivity index (χ3n) is 2.46. The van der Waals surface area contributed by atoms with Crippen LogP contribution < -0.4 is 15.8 Å². The SMILES string of the molecule is Nc1ccc(F)c(NC(=O)COc2ccccc2Cl)c1. The fraction of sp³-hybridized carbons (Fsp3) is 0.0714. The van der Waals surface area contributed by atoms with Gasteiger partial charge >= 0.3 is 0 Å². The molecule has 0 heterocycles. The molecule has 0 saturated carbocycles. The Hall–Kier alpha value is -2.27. The van der Waals surface area contributed by atoms with Crippen LogP contribution in [0.5, 0.6) is 5.75 Å². The minimum absolute atomic E-state index is 0.0118. The van der Waals surface area contributed by atoms with E-state index in [4.69, 9.17) is 22.1 Å². The van der Waals surface area contributed by atoms with Crippen molar-refractivity contribution >= 4 is 28.9 Å². The molecule has 0 atom stereocenters. The zero-order chi connectivity index (χ0) is 14.5. The van der Waals surface area contributed by atoms with Crippen LogP contribution in [0.1, 0.15) is 0 Å². The van der Waals surface area contributed by atoms with Crippen LogP contribution in [-0.4, -0.2) is 12.5 Å². The molecule has 104 valence electrons. The van der Waals surface area contributed by atoms with Crippen molar-refractivity contribution in [3.05, 3.63) is 53.3 Å². The van der Waals surface area contributed by atoms with Gasteiger partial charge in [-0.05, 0) is 30.3 Å². The normalized spacial score (nSPS) is 10.1. The maximum Gasteiger partial charge on any atom is 0.262 e. The van der Waals surface area contributed by atoms with Crippen LogP contribution in [0.2, 0.25) is 5.02 Å². The second kappa shape index (κ2) is 6.25. The molecule has 0 unspecified atom stereocenters. The highest BCUT2D eigenvalue weighted by atomic mass is 35.5. The molecule has 0 fully saturated rings. The standard InChI is InChI=1S/C14H12ClFN2O2/c15-10-3-1-2-4-13(10)20-8-14(19)18-12-7-9(17)5-6-11(12)16/h1-7H,8,17H2,(H,18,19). The van der Waals surface area contributed by atoms with E-state index >= 15 is 0 Å². The number of carbonyl (C=O) groups excluding carboxylic acids is 1. The van der Waals surface area contributed by atoms with Gasteiger partial charge in [-0.15, -0.1) is 0 Å². The van der Waals surface area contributed by atoms with Gasteiger partial charge in [0.25, 0.3) is 5.91 Å². The second-order valence-electron chi connectivity index (χ2n) is 4.01. The Bertz CT molecular complexity index is 634. The molecule has 20 heavy (non-hydrogen) atoms. The van der Waals surface area contributed by atoms with Crippen molar-refractivity contribution in [1.29, 1.82) is 0 Å². The maximum atomic E-state index is 13.4. The molecule has 1 amide bonds. The number of amides is 1. The lowest BCUT2D eigenvalue weighted by atomic mass is 10.2. The van der Waals surface area contributed by atoms with E-state index < -0.39 is 11.7 Å². The third-order valence-corrected chi connectivity index (χ3v) is 2.77. The van der Waals surface area contributed by atoms with Gasteiger partial charge < -0.3 is 15.8 Å². The van der Waals surface area contributed by atoms with E-state index in [0.29, 0.717) is 16.5 Å². The number of rotatable bonds is 4. The Kier molecular flexibility index (Phi) is 4.42. The van der Waals surface area contributed by atoms with Crippen LogP contribution >= 0.6 is 11.6 Å². The minimum Gasteiger partial charge on any atom is -0.482 e. The van der Waals surface area contributed by atoms with Gasteiger partial charge in [-0.2, -0.15) is 0 Å². The van der Waals surface area contributed by atoms with E-state index in [-0.39, 0.29) is 12.3 Å². The van der Waals surface area contributed by atoms with E-state index in [0.717, 1.165) is 0 Å². The zero-order valence-corrected chi connectivity index (χ0v) is 11.2. The van der Waals surface area contributed by atoms with Crippen molar-refractivity contribution in [3.63, 3.8) is 0 Å². The van der Waals surface area contributed by atoms with Crippen LogP contribution in [0.25, 0.3) is 0 Å². The molecule has 6 heteroatoms. The highest BCUT2D eigenvalue weighted by molar-refractivity contribution is 6.32. The van der Waals surface area contributed by atoms with Crippen LogP contribution in [-0.2, 0) is 4.79 Å². The van der Waals surface area contributed by atoms with Crippen LogP contribution in [0.3, 0.4) is 0 Å². The number of anilines is 2. The Morgan fingerprint density at radius 2 is 2.05 bits per heavy atom. The highest BCUT2D eigenvalue weighted by Crippen LogP contribution is 2.23. The Morgan fingerprint density at radius 3 is 2.80 bits per heavy atom. The van der Waals surface area contributed by atoms with Crippen molar-refractivity contribution in [2.45, 2.75) is 0 Å². The van der Waals surface area contributed by atoms with Gasteiger partial charge in [-0.25, -0.2) is 4.39 Å². The molecule has 2 rings (SSSR count). The number of para-hydroxylation sites is 1. The lowest BCUT2D eigenvalue weighted by Crippen LogP contribution is -2.21.